The minimum absolute atomic E-state index is 0.525. The van der Waals surface area contributed by atoms with E-state index in [9.17, 15) is 14.6 Å². The zero-order valence-electron chi connectivity index (χ0n) is 17.9. The van der Waals surface area contributed by atoms with Crippen LogP contribution in [0, 0.1) is 0 Å². The van der Waals surface area contributed by atoms with Crippen molar-refractivity contribution in [2.45, 2.75) is 69.6 Å². The third kappa shape index (κ3) is 4.40. The van der Waals surface area contributed by atoms with Crippen molar-refractivity contribution < 1.29 is 28.2 Å². The van der Waals surface area contributed by atoms with E-state index in [1.807, 2.05) is 0 Å². The monoisotopic (exact) mass is 471 g/mol. The van der Waals surface area contributed by atoms with Crippen LogP contribution in [0.15, 0.2) is 6.33 Å². The highest BCUT2D eigenvalue weighted by Gasteiger charge is 2.52. The Morgan fingerprint density at radius 1 is 1.42 bits per heavy atom. The molecule has 0 spiro atoms. The Kier molecular flexibility index (Phi) is 6.44. The summed E-state index contributed by atoms with van der Waals surface area (Å²) in [6, 6.07) is 1.00. The number of aromatic nitrogens is 3. The Bertz CT molecular complexity index is 984. The van der Waals surface area contributed by atoms with Crippen LogP contribution in [0.3, 0.4) is 0 Å². The van der Waals surface area contributed by atoms with Gasteiger partial charge in [-0.2, -0.15) is 0 Å². The summed E-state index contributed by atoms with van der Waals surface area (Å²) in [5.74, 6) is 0.726. The fourth-order valence-electron chi connectivity index (χ4n) is 4.45. The zero-order valence-corrected chi connectivity index (χ0v) is 19.8. The molecular weight excluding hydrogens is 442 g/mol. The molecule has 31 heavy (non-hydrogen) atoms. The van der Waals surface area contributed by atoms with Gasteiger partial charge in [0.2, 0.25) is 0 Å². The highest BCUT2D eigenvalue weighted by atomic mass is 31.1. The first-order valence-electron chi connectivity index (χ1n) is 10.5. The average molecular weight is 472 g/mol. The number of aliphatic hydroxyl groups excluding tert-OH is 1. The van der Waals surface area contributed by atoms with Crippen molar-refractivity contribution in [1.29, 1.82) is 0 Å². The van der Waals surface area contributed by atoms with Gasteiger partial charge < -0.3 is 15.2 Å². The number of halogens is 1. The van der Waals surface area contributed by atoms with Gasteiger partial charge in [-0.25, -0.2) is 14.4 Å². The first-order chi connectivity index (χ1) is 14.7. The summed E-state index contributed by atoms with van der Waals surface area (Å²) in [7, 11) is -4.44. The predicted molar refractivity (Wildman–Crippen MR) is 117 cm³/mol. The minimum Gasteiger partial charge on any atom is -0.394 e. The van der Waals surface area contributed by atoms with Gasteiger partial charge in [0.05, 0.1) is 12.0 Å². The molecule has 0 aromatic carbocycles. The van der Waals surface area contributed by atoms with Gasteiger partial charge in [-0.1, -0.05) is 25.7 Å². The molecule has 9 nitrogen and oxygen atoms in total. The molecule has 1 unspecified atom stereocenters. The minimum atomic E-state index is -3.04. The number of nitrogens with zero attached hydrogens (tertiary/aromatic N) is 3. The maximum atomic E-state index is 15.6. The maximum Gasteiger partial charge on any atom is 0.695 e. The number of ether oxygens (including phenoxy) is 1. The van der Waals surface area contributed by atoms with Crippen molar-refractivity contribution in [1.82, 2.24) is 14.5 Å². The third-order valence-corrected chi connectivity index (χ3v) is 8.09. The molecule has 2 aromatic rings. The zero-order chi connectivity index (χ0) is 22.3. The van der Waals surface area contributed by atoms with Crippen molar-refractivity contribution in [3.05, 3.63) is 17.6 Å². The average Bonchev–Trinajstić information content (AvgIpc) is 3.06. The number of alkyl halides is 1. The van der Waals surface area contributed by atoms with E-state index in [2.05, 4.69) is 34.9 Å². The summed E-state index contributed by atoms with van der Waals surface area (Å²) in [5.41, 5.74) is 2.63. The topological polar surface area (TPSA) is 119 Å². The quantitative estimate of drug-likeness (QED) is 0.417. The molecule has 0 aliphatic carbocycles. The molecular formula is C19H29FN4O5PSi+. The van der Waals surface area contributed by atoms with Gasteiger partial charge in [0.15, 0.2) is 18.5 Å². The number of aliphatic hydroxyl groups is 1. The van der Waals surface area contributed by atoms with Gasteiger partial charge in [-0.15, -0.1) is 9.42 Å². The summed E-state index contributed by atoms with van der Waals surface area (Å²) in [5, 5.41) is 13.9. The number of hydrogen-bond acceptors (Lipinski definition) is 7. The molecule has 0 saturated carbocycles. The Hall–Kier alpha value is -1.49. The highest BCUT2D eigenvalue weighted by molar-refractivity contribution is 7.32. The fourth-order valence-corrected chi connectivity index (χ4v) is 5.89. The van der Waals surface area contributed by atoms with Crippen molar-refractivity contribution in [3.8, 4) is 0 Å². The van der Waals surface area contributed by atoms with E-state index in [0.29, 0.717) is 5.65 Å². The molecule has 0 bridgehead atoms. The fraction of sp³-hybridized carbons (Fsp3) is 0.684. The van der Waals surface area contributed by atoms with Crippen LogP contribution >= 0.6 is 8.25 Å². The van der Waals surface area contributed by atoms with E-state index >= 15 is 4.39 Å². The molecule has 5 atom stereocenters. The van der Waals surface area contributed by atoms with E-state index in [0.717, 1.165) is 54.3 Å². The standard InChI is InChI=1S/C19H28FN4O5PSi/c1-31(2,3)8-6-12-11-5-4-7-21-17-14(11)18(23-10-22-17)24(12)19-15(20)16(29-30(26)27)13(9-25)28-19/h10,13,15-16,19,25H,4-9H2,1-3H3,(H-,21,22,23,26,27)/p+1/t13-,15-,16-,19-/m1/s1. The summed E-state index contributed by atoms with van der Waals surface area (Å²) in [6.45, 7) is 7.14. The lowest BCUT2D eigenvalue weighted by molar-refractivity contribution is -0.0443. The molecule has 1 saturated heterocycles. The largest absolute Gasteiger partial charge is 0.695 e. The highest BCUT2D eigenvalue weighted by Crippen LogP contribution is 2.43. The molecule has 1 fully saturated rings. The van der Waals surface area contributed by atoms with Crippen molar-refractivity contribution in [2.24, 2.45) is 0 Å². The van der Waals surface area contributed by atoms with Gasteiger partial charge in [0, 0.05) is 24.9 Å². The lowest BCUT2D eigenvalue weighted by Gasteiger charge is -2.22. The molecule has 2 aliphatic rings. The summed E-state index contributed by atoms with van der Waals surface area (Å²) >= 11 is 0. The number of hydrogen-bond donors (Lipinski definition) is 3. The molecule has 4 heterocycles. The predicted octanol–water partition coefficient (Wildman–Crippen LogP) is 2.93. The van der Waals surface area contributed by atoms with E-state index < -0.39 is 47.5 Å². The molecule has 3 N–H and O–H groups in total. The normalized spacial score (nSPS) is 26.7. The van der Waals surface area contributed by atoms with Crippen LogP contribution in [-0.4, -0.2) is 64.1 Å². The molecule has 4 rings (SSSR count). The third-order valence-electron chi connectivity index (χ3n) is 5.92. The van der Waals surface area contributed by atoms with Crippen molar-refractivity contribution >= 4 is 33.2 Å². The summed E-state index contributed by atoms with van der Waals surface area (Å²) in [4.78, 5) is 18.0. The summed E-state index contributed by atoms with van der Waals surface area (Å²) in [6.07, 6.45) is -1.34. The molecule has 0 amide bonds. The first kappa shape index (κ1) is 22.7. The van der Waals surface area contributed by atoms with Gasteiger partial charge in [-0.05, 0) is 24.8 Å². The van der Waals surface area contributed by atoms with Gasteiger partial charge in [-0.3, -0.25) is 4.57 Å². The van der Waals surface area contributed by atoms with Gasteiger partial charge in [0.25, 0.3) is 0 Å². The second-order valence-corrected chi connectivity index (χ2v) is 15.6. The number of nitrogens with one attached hydrogen (secondary N) is 1. The van der Waals surface area contributed by atoms with E-state index in [-0.39, 0.29) is 0 Å². The number of rotatable bonds is 7. The van der Waals surface area contributed by atoms with Gasteiger partial charge >= 0.3 is 8.25 Å². The van der Waals surface area contributed by atoms with Crippen molar-refractivity contribution in [3.63, 3.8) is 0 Å². The first-order valence-corrected chi connectivity index (χ1v) is 15.4. The van der Waals surface area contributed by atoms with Crippen LogP contribution in [0.4, 0.5) is 10.2 Å². The second-order valence-electron chi connectivity index (χ2n) is 9.31. The number of aryl methyl sites for hydroxylation is 1. The SMILES string of the molecule is C[Si](C)(C)CCc1c2c3c(ncnc3n1[C@@H]1O[C@H](CO)[C@@H](O[P+](=O)O)[C@H]1F)NCCC2. The van der Waals surface area contributed by atoms with Crippen LogP contribution in [0.5, 0.6) is 0 Å². The van der Waals surface area contributed by atoms with Crippen molar-refractivity contribution in [2.75, 3.05) is 18.5 Å². The Balaban J connectivity index is 1.85. The Morgan fingerprint density at radius 2 is 2.19 bits per heavy atom. The van der Waals surface area contributed by atoms with Crippen LogP contribution in [-0.2, 0) is 26.7 Å². The van der Waals surface area contributed by atoms with E-state index in [1.165, 1.54) is 6.33 Å². The maximum absolute atomic E-state index is 15.6. The second kappa shape index (κ2) is 8.80. The molecule has 12 heteroatoms. The summed E-state index contributed by atoms with van der Waals surface area (Å²) < 4.78 is 39.3. The lowest BCUT2D eigenvalue weighted by Crippen LogP contribution is -2.32. The van der Waals surface area contributed by atoms with Crippen LogP contribution in [0.1, 0.15) is 23.9 Å². The van der Waals surface area contributed by atoms with Crippen LogP contribution < -0.4 is 5.32 Å². The van der Waals surface area contributed by atoms with Crippen LogP contribution in [0.2, 0.25) is 25.7 Å². The molecule has 2 aliphatic heterocycles. The van der Waals surface area contributed by atoms with Crippen LogP contribution in [0.25, 0.3) is 11.0 Å². The smallest absolute Gasteiger partial charge is 0.394 e. The lowest BCUT2D eigenvalue weighted by atomic mass is 10.1. The molecule has 170 valence electrons. The molecule has 0 radical (unpaired) electrons. The van der Waals surface area contributed by atoms with E-state index in [4.69, 9.17) is 9.26 Å². The van der Waals surface area contributed by atoms with Gasteiger partial charge in [0.1, 0.15) is 23.9 Å². The Morgan fingerprint density at radius 3 is 2.87 bits per heavy atom. The molecule has 2 aromatic heterocycles. The number of anilines is 1. The van der Waals surface area contributed by atoms with E-state index in [1.54, 1.807) is 4.57 Å². The Labute approximate surface area is 181 Å².